The number of hydrogen-bond acceptors (Lipinski definition) is 4. The van der Waals surface area contributed by atoms with Gasteiger partial charge < -0.3 is 10.1 Å². The Kier molecular flexibility index (Phi) is 4.89. The molecule has 7 heteroatoms. The van der Waals surface area contributed by atoms with E-state index in [0.29, 0.717) is 22.1 Å². The molecule has 0 bridgehead atoms. The van der Waals surface area contributed by atoms with Crippen LogP contribution in [0.15, 0.2) is 46.4 Å². The first kappa shape index (κ1) is 15.0. The molecule has 0 saturated heterocycles. The van der Waals surface area contributed by atoms with Crippen LogP contribution in [0.1, 0.15) is 0 Å². The Bertz CT molecular complexity index is 653. The van der Waals surface area contributed by atoms with Crippen molar-refractivity contribution >= 4 is 40.6 Å². The lowest BCUT2D eigenvalue weighted by Crippen LogP contribution is -2.17. The number of ether oxygens (including phenoxy) is 1. The molecular weight excluding hydrogens is 290 g/mol. The summed E-state index contributed by atoms with van der Waals surface area (Å²) in [5, 5.41) is 3.15. The van der Waals surface area contributed by atoms with Crippen molar-refractivity contribution in [2.75, 3.05) is 18.2 Å². The second kappa shape index (κ2) is 6.85. The van der Waals surface area contributed by atoms with Gasteiger partial charge >= 0.3 is 6.03 Å². The molecule has 1 aliphatic heterocycles. The molecule has 1 aromatic carbocycles. The van der Waals surface area contributed by atoms with E-state index in [2.05, 4.69) is 21.9 Å². The zero-order valence-corrected chi connectivity index (χ0v) is 12.1. The number of amides is 3. The molecule has 2 rings (SSSR count). The Balaban J connectivity index is 1.90. The average molecular weight is 303 g/mol. The predicted molar refractivity (Wildman–Crippen MR) is 84.5 cm³/mol. The van der Waals surface area contributed by atoms with E-state index in [0.717, 1.165) is 11.8 Å². The van der Waals surface area contributed by atoms with Gasteiger partial charge in [0.2, 0.25) is 5.91 Å². The fourth-order valence-electron chi connectivity index (χ4n) is 1.53. The van der Waals surface area contributed by atoms with Crippen molar-refractivity contribution in [2.45, 2.75) is 0 Å². The third-order valence-corrected chi connectivity index (χ3v) is 3.53. The van der Waals surface area contributed by atoms with Crippen LogP contribution in [-0.4, -0.2) is 36.1 Å². The Labute approximate surface area is 126 Å². The SMILES string of the molecule is C=C1C=NC(=O)N=C1SCC(=O)Nc1cccc(OC)c1. The monoisotopic (exact) mass is 303 g/mol. The highest BCUT2D eigenvalue weighted by molar-refractivity contribution is 8.15. The highest BCUT2D eigenvalue weighted by atomic mass is 32.2. The van der Waals surface area contributed by atoms with Crippen LogP contribution < -0.4 is 10.1 Å². The standard InChI is InChI=1S/C14H13N3O3S/c1-9-7-15-14(19)17-13(9)21-8-12(18)16-10-4-3-5-11(6-10)20-2/h3-7H,1,8H2,2H3,(H,16,18). The van der Waals surface area contributed by atoms with Gasteiger partial charge in [0.1, 0.15) is 10.8 Å². The number of rotatable bonds is 4. The summed E-state index contributed by atoms with van der Waals surface area (Å²) in [6, 6.07) is 6.46. The van der Waals surface area contributed by atoms with E-state index in [1.54, 1.807) is 31.4 Å². The van der Waals surface area contributed by atoms with Crippen molar-refractivity contribution in [3.63, 3.8) is 0 Å². The lowest BCUT2D eigenvalue weighted by molar-refractivity contribution is -0.113. The molecule has 0 saturated carbocycles. The molecule has 3 amide bonds. The van der Waals surface area contributed by atoms with Gasteiger partial charge in [-0.25, -0.2) is 4.79 Å². The van der Waals surface area contributed by atoms with E-state index in [1.165, 1.54) is 6.21 Å². The van der Waals surface area contributed by atoms with Gasteiger partial charge in [0.05, 0.1) is 12.9 Å². The molecule has 0 spiro atoms. The molecule has 1 aliphatic rings. The first-order valence-corrected chi connectivity index (χ1v) is 7.00. The Morgan fingerprint density at radius 1 is 1.48 bits per heavy atom. The van der Waals surface area contributed by atoms with Crippen LogP contribution >= 0.6 is 11.8 Å². The van der Waals surface area contributed by atoms with E-state index < -0.39 is 6.03 Å². The average Bonchev–Trinajstić information content (AvgIpc) is 2.48. The van der Waals surface area contributed by atoms with Gasteiger partial charge in [-0.2, -0.15) is 9.98 Å². The maximum Gasteiger partial charge on any atom is 0.368 e. The van der Waals surface area contributed by atoms with E-state index >= 15 is 0 Å². The van der Waals surface area contributed by atoms with Gasteiger partial charge in [-0.15, -0.1) is 0 Å². The largest absolute Gasteiger partial charge is 0.497 e. The van der Waals surface area contributed by atoms with Gasteiger partial charge in [0.25, 0.3) is 0 Å². The maximum absolute atomic E-state index is 11.9. The molecule has 1 N–H and O–H groups in total. The molecule has 1 aromatic rings. The molecule has 0 unspecified atom stereocenters. The second-order valence-electron chi connectivity index (χ2n) is 4.05. The summed E-state index contributed by atoms with van der Waals surface area (Å²) in [6.07, 6.45) is 1.34. The lowest BCUT2D eigenvalue weighted by atomic mass is 10.3. The molecule has 0 fully saturated rings. The van der Waals surface area contributed by atoms with Crippen LogP contribution in [0, 0.1) is 0 Å². The van der Waals surface area contributed by atoms with Crippen molar-refractivity contribution in [2.24, 2.45) is 9.98 Å². The van der Waals surface area contributed by atoms with Crippen molar-refractivity contribution in [3.8, 4) is 5.75 Å². The zero-order valence-electron chi connectivity index (χ0n) is 11.3. The van der Waals surface area contributed by atoms with Crippen molar-refractivity contribution < 1.29 is 14.3 Å². The minimum absolute atomic E-state index is 0.121. The van der Waals surface area contributed by atoms with Crippen LogP contribution in [0.2, 0.25) is 0 Å². The minimum atomic E-state index is -0.585. The van der Waals surface area contributed by atoms with Gasteiger partial charge in [0.15, 0.2) is 0 Å². The fourth-order valence-corrected chi connectivity index (χ4v) is 2.25. The van der Waals surface area contributed by atoms with Crippen molar-refractivity contribution in [1.29, 1.82) is 0 Å². The summed E-state index contributed by atoms with van der Waals surface area (Å²) in [4.78, 5) is 30.1. The van der Waals surface area contributed by atoms with Crippen LogP contribution in [0.3, 0.4) is 0 Å². The third kappa shape index (κ3) is 4.28. The molecule has 1 heterocycles. The highest BCUT2D eigenvalue weighted by Gasteiger charge is 2.14. The molecule has 0 atom stereocenters. The predicted octanol–water partition coefficient (Wildman–Crippen LogP) is 2.53. The number of hydrogen-bond donors (Lipinski definition) is 1. The molecule has 0 radical (unpaired) electrons. The topological polar surface area (TPSA) is 80.1 Å². The summed E-state index contributed by atoms with van der Waals surface area (Å²) < 4.78 is 5.08. The molecular formula is C14H13N3O3S. The number of benzene rings is 1. The Hall–Kier alpha value is -2.41. The van der Waals surface area contributed by atoms with Crippen LogP contribution in [0.4, 0.5) is 10.5 Å². The van der Waals surface area contributed by atoms with E-state index in [4.69, 9.17) is 4.74 Å². The Morgan fingerprint density at radius 2 is 2.29 bits per heavy atom. The quantitative estimate of drug-likeness (QED) is 0.927. The number of carbonyl (C=O) groups is 2. The number of nitrogens with zero attached hydrogens (tertiary/aromatic N) is 2. The zero-order chi connectivity index (χ0) is 15.2. The molecule has 108 valence electrons. The third-order valence-electron chi connectivity index (χ3n) is 2.50. The first-order chi connectivity index (χ1) is 10.1. The molecule has 21 heavy (non-hydrogen) atoms. The summed E-state index contributed by atoms with van der Waals surface area (Å²) in [5.41, 5.74) is 1.16. The van der Waals surface area contributed by atoms with Crippen LogP contribution in [-0.2, 0) is 4.79 Å². The number of methoxy groups -OCH3 is 1. The molecule has 0 aromatic heterocycles. The lowest BCUT2D eigenvalue weighted by Gasteiger charge is -2.09. The number of thioether (sulfide) groups is 1. The van der Waals surface area contributed by atoms with Gasteiger partial charge in [-0.3, -0.25) is 4.79 Å². The fraction of sp³-hybridized carbons (Fsp3) is 0.143. The highest BCUT2D eigenvalue weighted by Crippen LogP contribution is 2.18. The summed E-state index contributed by atoms with van der Waals surface area (Å²) >= 11 is 1.14. The molecule has 0 aliphatic carbocycles. The maximum atomic E-state index is 11.9. The number of anilines is 1. The van der Waals surface area contributed by atoms with E-state index in [1.807, 2.05) is 0 Å². The number of nitrogens with one attached hydrogen (secondary N) is 1. The van der Waals surface area contributed by atoms with Crippen molar-refractivity contribution in [1.82, 2.24) is 0 Å². The number of urea groups is 1. The second-order valence-corrected chi connectivity index (χ2v) is 5.02. The van der Waals surface area contributed by atoms with Gasteiger partial charge in [-0.05, 0) is 12.1 Å². The summed E-state index contributed by atoms with van der Waals surface area (Å²) in [6.45, 7) is 3.71. The Morgan fingerprint density at radius 3 is 3.05 bits per heavy atom. The van der Waals surface area contributed by atoms with Gasteiger partial charge in [0, 0.05) is 23.5 Å². The van der Waals surface area contributed by atoms with Crippen molar-refractivity contribution in [3.05, 3.63) is 36.4 Å². The minimum Gasteiger partial charge on any atom is -0.497 e. The molecule has 6 nitrogen and oxygen atoms in total. The first-order valence-electron chi connectivity index (χ1n) is 6.01. The van der Waals surface area contributed by atoms with E-state index in [-0.39, 0.29) is 11.7 Å². The number of carbonyl (C=O) groups excluding carboxylic acids is 2. The smallest absolute Gasteiger partial charge is 0.368 e. The van der Waals surface area contributed by atoms with Crippen LogP contribution in [0.25, 0.3) is 0 Å². The normalized spacial score (nSPS) is 13.9. The summed E-state index contributed by atoms with van der Waals surface area (Å²) in [7, 11) is 1.56. The van der Waals surface area contributed by atoms with Gasteiger partial charge in [-0.1, -0.05) is 24.4 Å². The summed E-state index contributed by atoms with van der Waals surface area (Å²) in [5.74, 6) is 0.571. The van der Waals surface area contributed by atoms with E-state index in [9.17, 15) is 9.59 Å². The van der Waals surface area contributed by atoms with Crippen LogP contribution in [0.5, 0.6) is 5.75 Å². The number of aliphatic imine (C=N–C) groups is 2.